The number of nitrogens with zero attached hydrogens (tertiary/aromatic N) is 3. The van der Waals surface area contributed by atoms with Gasteiger partial charge in [-0.15, -0.1) is 0 Å². The second-order valence-corrected chi connectivity index (χ2v) is 17.0. The van der Waals surface area contributed by atoms with E-state index in [9.17, 15) is 19.7 Å². The minimum absolute atomic E-state index is 0.0347. The normalized spacial score (nSPS) is 29.3. The molecule has 15 nitrogen and oxygen atoms in total. The average Bonchev–Trinajstić information content (AvgIpc) is 3.81. The van der Waals surface area contributed by atoms with Crippen molar-refractivity contribution in [3.8, 4) is 0 Å². The van der Waals surface area contributed by atoms with Crippen molar-refractivity contribution >= 4 is 34.3 Å². The molecule has 1 aromatic heterocycles. The Hall–Kier alpha value is -3.40. The molecule has 0 saturated heterocycles. The van der Waals surface area contributed by atoms with E-state index in [1.807, 2.05) is 0 Å². The molecule has 4 fully saturated rings. The lowest BCUT2D eigenvalue weighted by atomic mass is 9.44. The van der Waals surface area contributed by atoms with Crippen LogP contribution in [0.3, 0.4) is 0 Å². The number of aromatic nitrogens is 2. The molecule has 8 atom stereocenters. The van der Waals surface area contributed by atoms with Gasteiger partial charge in [0.15, 0.2) is 5.52 Å². The monoisotopic (exact) mass is 786 g/mol. The Kier molecular flexibility index (Phi) is 16.3. The molecule has 56 heavy (non-hydrogen) atoms. The molecule has 6 rings (SSSR count). The summed E-state index contributed by atoms with van der Waals surface area (Å²) in [6.07, 6.45) is 15.6. The number of unbranched alkanes of at least 4 members (excludes halogenated alkanes) is 1. The van der Waals surface area contributed by atoms with Gasteiger partial charge in [0.1, 0.15) is 6.61 Å². The maximum Gasteiger partial charge on any atom is 0.305 e. The topological polar surface area (TPSA) is 220 Å². The van der Waals surface area contributed by atoms with Crippen molar-refractivity contribution in [1.82, 2.24) is 15.6 Å². The van der Waals surface area contributed by atoms with Gasteiger partial charge in [0, 0.05) is 25.1 Å². The van der Waals surface area contributed by atoms with Crippen LogP contribution in [0.2, 0.25) is 0 Å². The van der Waals surface area contributed by atoms with E-state index in [-0.39, 0.29) is 47.8 Å². The lowest BCUT2D eigenvalue weighted by Crippen LogP contribution is -2.55. The summed E-state index contributed by atoms with van der Waals surface area (Å²) in [5, 5.41) is 25.1. The van der Waals surface area contributed by atoms with Gasteiger partial charge < -0.3 is 36.3 Å². The van der Waals surface area contributed by atoms with Crippen LogP contribution in [0.1, 0.15) is 111 Å². The Morgan fingerprint density at radius 2 is 1.64 bits per heavy atom. The number of non-ortho nitro benzene ring substituents is 1. The highest BCUT2D eigenvalue weighted by atomic mass is 16.6. The lowest BCUT2D eigenvalue weighted by Gasteiger charge is -2.61. The molecule has 1 heterocycles. The van der Waals surface area contributed by atoms with Crippen molar-refractivity contribution < 1.29 is 33.4 Å². The maximum atomic E-state index is 13.0. The van der Waals surface area contributed by atoms with Gasteiger partial charge in [-0.1, -0.05) is 27.2 Å². The first-order valence-electron chi connectivity index (χ1n) is 21.2. The number of hydrogen-bond donors (Lipinski definition) is 4. The summed E-state index contributed by atoms with van der Waals surface area (Å²) in [5.74, 6) is 3.28. The van der Waals surface area contributed by atoms with Crippen molar-refractivity contribution in [2.24, 2.45) is 51.9 Å². The second kappa shape index (κ2) is 20.9. The van der Waals surface area contributed by atoms with E-state index in [2.05, 4.69) is 41.7 Å². The molecular weight excluding hydrogens is 718 g/mol. The van der Waals surface area contributed by atoms with E-state index >= 15 is 0 Å². The van der Waals surface area contributed by atoms with Crippen LogP contribution in [0.4, 0.5) is 11.4 Å². The number of hydrogen-bond acceptors (Lipinski definition) is 13. The van der Waals surface area contributed by atoms with Gasteiger partial charge >= 0.3 is 11.7 Å². The van der Waals surface area contributed by atoms with E-state index in [1.165, 1.54) is 63.5 Å². The van der Waals surface area contributed by atoms with Gasteiger partial charge in [0.05, 0.1) is 43.6 Å². The molecule has 2 aromatic rings. The Labute approximate surface area is 331 Å². The molecule has 4 saturated carbocycles. The molecule has 0 radical (unpaired) electrons. The van der Waals surface area contributed by atoms with Crippen molar-refractivity contribution in [3.05, 3.63) is 22.2 Å². The van der Waals surface area contributed by atoms with Crippen LogP contribution in [0.25, 0.3) is 11.0 Å². The first-order valence-corrected chi connectivity index (χ1v) is 21.2. The van der Waals surface area contributed by atoms with E-state index < -0.39 is 4.92 Å². The largest absolute Gasteiger partial charge is 0.463 e. The summed E-state index contributed by atoms with van der Waals surface area (Å²) < 4.78 is 20.9. The number of esters is 1. The highest BCUT2D eigenvalue weighted by Crippen LogP contribution is 2.68. The molecule has 0 spiro atoms. The fourth-order valence-electron chi connectivity index (χ4n) is 11.0. The van der Waals surface area contributed by atoms with Gasteiger partial charge in [-0.25, -0.2) is 4.63 Å². The van der Waals surface area contributed by atoms with Crippen LogP contribution >= 0.6 is 0 Å². The fourth-order valence-corrected chi connectivity index (χ4v) is 11.0. The molecule has 4 aliphatic carbocycles. The number of nitro groups is 1. The number of fused-ring (bicyclic) bond motifs is 6. The number of benzene rings is 1. The Morgan fingerprint density at radius 1 is 0.911 bits per heavy atom. The van der Waals surface area contributed by atoms with Crippen LogP contribution in [0.15, 0.2) is 16.8 Å². The molecule has 4 aliphatic rings. The minimum Gasteiger partial charge on any atom is -0.463 e. The average molecular weight is 786 g/mol. The third-order valence-corrected chi connectivity index (χ3v) is 13.9. The summed E-state index contributed by atoms with van der Waals surface area (Å²) >= 11 is 0. The number of nitrogens with two attached hydrogens (primary N) is 2. The number of ether oxygens (including phenoxy) is 3. The molecule has 6 N–H and O–H groups in total. The van der Waals surface area contributed by atoms with Crippen LogP contribution < -0.4 is 22.1 Å². The smallest absolute Gasteiger partial charge is 0.305 e. The number of rotatable bonds is 19. The summed E-state index contributed by atoms with van der Waals surface area (Å²) in [6, 6.07) is 3.02. The zero-order chi connectivity index (χ0) is 40.1. The van der Waals surface area contributed by atoms with Gasteiger partial charge in [-0.05, 0) is 140 Å². The quantitative estimate of drug-likeness (QED) is 0.0545. The molecular formula is C41H67N7O8. The van der Waals surface area contributed by atoms with Crippen molar-refractivity contribution in [1.29, 1.82) is 0 Å². The molecule has 0 aliphatic heterocycles. The minimum atomic E-state index is -0.530. The molecule has 314 valence electrons. The van der Waals surface area contributed by atoms with Crippen molar-refractivity contribution in [2.75, 3.05) is 58.0 Å². The second-order valence-electron chi connectivity index (χ2n) is 17.0. The van der Waals surface area contributed by atoms with E-state index in [0.29, 0.717) is 67.7 Å². The number of carbonyl (C=O) groups is 2. The number of amides is 1. The molecule has 0 bridgehead atoms. The standard InChI is InChI=1S/C37H56N6O8.C4H11N/c1-36-15-13-29-27(28(36)9-7-24(36)4-3-5-33(45)50-21-20-49-19-18-48-17-16-38)8-6-25-22-26(12-14-37(25,29)2)40-32(44)23-39-30-10-11-31(43(46)47)35-34(30)41-51-42-35;1-2-3-4-5/h10-11,24-29,39H,3-9,12-23,38H2,1-2H3,(H,40,44);2-5H2,1H3/t24?,25?,26-,27?,28?,29?,36?,37?;/m1./s1. The number of nitrogens with one attached hydrogen (secondary N) is 2. The third-order valence-electron chi connectivity index (χ3n) is 13.9. The van der Waals surface area contributed by atoms with Gasteiger partial charge in [0.25, 0.3) is 0 Å². The van der Waals surface area contributed by atoms with E-state index in [4.69, 9.17) is 30.3 Å². The maximum absolute atomic E-state index is 13.0. The highest BCUT2D eigenvalue weighted by molar-refractivity contribution is 5.94. The predicted octanol–water partition coefficient (Wildman–Crippen LogP) is 6.14. The number of anilines is 1. The Balaban J connectivity index is 0.00000113. The fraction of sp³-hybridized carbons (Fsp3) is 0.805. The first-order chi connectivity index (χ1) is 27.0. The van der Waals surface area contributed by atoms with Gasteiger partial charge in [-0.2, -0.15) is 0 Å². The first kappa shape index (κ1) is 43.7. The molecule has 15 heteroatoms. The summed E-state index contributed by atoms with van der Waals surface area (Å²) in [5.41, 5.74) is 11.8. The van der Waals surface area contributed by atoms with E-state index in [0.717, 1.165) is 56.4 Å². The molecule has 1 amide bonds. The van der Waals surface area contributed by atoms with Crippen LogP contribution in [0.5, 0.6) is 0 Å². The molecule has 7 unspecified atom stereocenters. The van der Waals surface area contributed by atoms with E-state index in [1.54, 1.807) is 0 Å². The Bertz CT molecular complexity index is 1570. The van der Waals surface area contributed by atoms with Crippen molar-refractivity contribution in [2.45, 2.75) is 117 Å². The third kappa shape index (κ3) is 10.6. The number of nitro benzene ring substituents is 1. The van der Waals surface area contributed by atoms with Gasteiger partial charge in [0.2, 0.25) is 11.4 Å². The summed E-state index contributed by atoms with van der Waals surface area (Å²) in [4.78, 5) is 36.2. The SMILES string of the molecule is CC12CCC3C(CCC4C[C@H](NC(=O)CNc5ccc([N+](=O)[O-])c6nonc56)CCC43C)C1CCC2CCCC(=O)OCCOCCOCCN.CCCCN. The van der Waals surface area contributed by atoms with Crippen LogP contribution in [-0.2, 0) is 23.8 Å². The van der Waals surface area contributed by atoms with Crippen LogP contribution in [-0.4, -0.2) is 85.8 Å². The van der Waals surface area contributed by atoms with Crippen LogP contribution in [0, 0.1) is 50.5 Å². The summed E-state index contributed by atoms with van der Waals surface area (Å²) in [6.45, 7) is 10.8. The van der Waals surface area contributed by atoms with Gasteiger partial charge in [-0.3, -0.25) is 19.7 Å². The predicted molar refractivity (Wildman–Crippen MR) is 214 cm³/mol. The Morgan fingerprint density at radius 3 is 2.38 bits per heavy atom. The molecule has 1 aromatic carbocycles. The number of carbonyl (C=O) groups excluding carboxylic acids is 2. The lowest BCUT2D eigenvalue weighted by molar-refractivity contribution is -0.383. The highest BCUT2D eigenvalue weighted by Gasteiger charge is 2.60. The zero-order valence-corrected chi connectivity index (χ0v) is 33.9. The summed E-state index contributed by atoms with van der Waals surface area (Å²) in [7, 11) is 0. The van der Waals surface area contributed by atoms with Crippen molar-refractivity contribution in [3.63, 3.8) is 0 Å². The zero-order valence-electron chi connectivity index (χ0n) is 33.9.